The minimum atomic E-state index is -0.0127. The topological polar surface area (TPSA) is 63.2 Å². The van der Waals surface area contributed by atoms with Crippen molar-refractivity contribution in [1.29, 1.82) is 0 Å². The molecule has 1 atom stereocenters. The second-order valence-electron chi connectivity index (χ2n) is 5.64. The molecular weight excluding hydrogens is 385 g/mol. The molecular formula is C17H20Cl3N3O2. The van der Waals surface area contributed by atoms with Crippen LogP contribution >= 0.6 is 36.4 Å². The summed E-state index contributed by atoms with van der Waals surface area (Å²) in [5.74, 6) is 1.53. The number of ether oxygens (including phenoxy) is 1. The molecule has 2 aromatic rings. The molecule has 1 saturated heterocycles. The van der Waals surface area contributed by atoms with Crippen LogP contribution in [0.2, 0.25) is 5.02 Å². The van der Waals surface area contributed by atoms with E-state index >= 15 is 0 Å². The van der Waals surface area contributed by atoms with Gasteiger partial charge in [0.05, 0.1) is 11.9 Å². The molecule has 1 aliphatic rings. The number of hydrogen-bond acceptors (Lipinski definition) is 4. The molecule has 25 heavy (non-hydrogen) atoms. The molecule has 2 N–H and O–H groups in total. The van der Waals surface area contributed by atoms with E-state index in [1.54, 1.807) is 42.6 Å². The summed E-state index contributed by atoms with van der Waals surface area (Å²) in [5.41, 5.74) is 0.664. The van der Waals surface area contributed by atoms with E-state index in [0.29, 0.717) is 28.3 Å². The Morgan fingerprint density at radius 2 is 1.92 bits per heavy atom. The molecule has 0 aliphatic carbocycles. The molecule has 2 heterocycles. The van der Waals surface area contributed by atoms with Crippen LogP contribution in [0.5, 0.6) is 11.6 Å². The lowest BCUT2D eigenvalue weighted by atomic mass is 9.88. The van der Waals surface area contributed by atoms with Crippen molar-refractivity contribution < 1.29 is 9.53 Å². The zero-order chi connectivity index (χ0) is 16.2. The Balaban J connectivity index is 0.00000156. The molecule has 1 amide bonds. The molecule has 0 spiro atoms. The molecule has 8 heteroatoms. The summed E-state index contributed by atoms with van der Waals surface area (Å²) in [4.78, 5) is 16.3. The number of benzene rings is 1. The zero-order valence-corrected chi connectivity index (χ0v) is 16.0. The van der Waals surface area contributed by atoms with Crippen LogP contribution < -0.4 is 15.4 Å². The first-order chi connectivity index (χ1) is 11.1. The van der Waals surface area contributed by atoms with Crippen molar-refractivity contribution in [3.8, 4) is 11.6 Å². The van der Waals surface area contributed by atoms with Crippen LogP contribution in [0.15, 0.2) is 42.6 Å². The molecule has 1 fully saturated rings. The maximum absolute atomic E-state index is 12.1. The molecule has 1 aromatic heterocycles. The Morgan fingerprint density at radius 1 is 1.24 bits per heavy atom. The summed E-state index contributed by atoms with van der Waals surface area (Å²) in [5, 5.41) is 6.72. The van der Waals surface area contributed by atoms with Gasteiger partial charge in [-0.1, -0.05) is 18.5 Å². The average Bonchev–Trinajstić information content (AvgIpc) is 2.50. The van der Waals surface area contributed by atoms with E-state index in [4.69, 9.17) is 16.3 Å². The van der Waals surface area contributed by atoms with Crippen molar-refractivity contribution in [3.05, 3.63) is 47.6 Å². The fraction of sp³-hybridized carbons (Fsp3) is 0.294. The first-order valence-corrected chi connectivity index (χ1v) is 7.90. The predicted octanol–water partition coefficient (Wildman–Crippen LogP) is 4.16. The van der Waals surface area contributed by atoms with Gasteiger partial charge in [-0.2, -0.15) is 0 Å². The van der Waals surface area contributed by atoms with Gasteiger partial charge in [0.25, 0.3) is 0 Å². The van der Waals surface area contributed by atoms with Gasteiger partial charge in [-0.25, -0.2) is 4.98 Å². The SMILES string of the molecule is CC(C(=O)Nc1ccc(Oc2ccc(Cl)cc2)nc1)C1CNC1.Cl.Cl. The lowest BCUT2D eigenvalue weighted by Crippen LogP contribution is -2.48. The van der Waals surface area contributed by atoms with E-state index in [1.165, 1.54) is 0 Å². The van der Waals surface area contributed by atoms with E-state index in [2.05, 4.69) is 15.6 Å². The highest BCUT2D eigenvalue weighted by Crippen LogP contribution is 2.23. The van der Waals surface area contributed by atoms with E-state index in [9.17, 15) is 4.79 Å². The molecule has 0 bridgehead atoms. The smallest absolute Gasteiger partial charge is 0.227 e. The van der Waals surface area contributed by atoms with Gasteiger partial charge in [-0.05, 0) is 49.3 Å². The summed E-state index contributed by atoms with van der Waals surface area (Å²) >= 11 is 5.83. The number of aromatic nitrogens is 1. The molecule has 0 radical (unpaired) electrons. The van der Waals surface area contributed by atoms with E-state index < -0.39 is 0 Å². The number of nitrogens with zero attached hydrogens (tertiary/aromatic N) is 1. The van der Waals surface area contributed by atoms with Crippen LogP contribution in [-0.2, 0) is 4.79 Å². The van der Waals surface area contributed by atoms with Crippen LogP contribution in [0, 0.1) is 11.8 Å². The summed E-state index contributed by atoms with van der Waals surface area (Å²) in [6.45, 7) is 3.76. The number of pyridine rings is 1. The Kier molecular flexibility index (Phi) is 8.45. The van der Waals surface area contributed by atoms with Crippen molar-refractivity contribution in [2.24, 2.45) is 11.8 Å². The second-order valence-corrected chi connectivity index (χ2v) is 6.07. The number of hydrogen-bond donors (Lipinski definition) is 2. The quantitative estimate of drug-likeness (QED) is 0.785. The number of carbonyl (C=O) groups excluding carboxylic acids is 1. The van der Waals surface area contributed by atoms with E-state index in [-0.39, 0.29) is 36.6 Å². The first-order valence-electron chi connectivity index (χ1n) is 7.53. The monoisotopic (exact) mass is 403 g/mol. The van der Waals surface area contributed by atoms with Crippen LogP contribution in [0.1, 0.15) is 6.92 Å². The van der Waals surface area contributed by atoms with Crippen molar-refractivity contribution in [2.75, 3.05) is 18.4 Å². The fourth-order valence-corrected chi connectivity index (χ4v) is 2.40. The molecule has 0 saturated carbocycles. The predicted molar refractivity (Wildman–Crippen MR) is 104 cm³/mol. The summed E-state index contributed by atoms with van der Waals surface area (Å²) in [7, 11) is 0. The third-order valence-electron chi connectivity index (χ3n) is 3.97. The Bertz CT molecular complexity index is 677. The molecule has 136 valence electrons. The highest BCUT2D eigenvalue weighted by atomic mass is 35.5. The Labute approximate surface area is 164 Å². The van der Waals surface area contributed by atoms with Gasteiger partial charge >= 0.3 is 0 Å². The second kappa shape index (κ2) is 9.82. The van der Waals surface area contributed by atoms with Gasteiger partial charge < -0.3 is 15.4 Å². The highest BCUT2D eigenvalue weighted by molar-refractivity contribution is 6.30. The van der Waals surface area contributed by atoms with Gasteiger partial charge in [0.1, 0.15) is 5.75 Å². The number of carbonyl (C=O) groups is 1. The van der Waals surface area contributed by atoms with Gasteiger partial charge in [0, 0.05) is 17.0 Å². The van der Waals surface area contributed by atoms with Crippen molar-refractivity contribution in [1.82, 2.24) is 10.3 Å². The third-order valence-corrected chi connectivity index (χ3v) is 4.23. The van der Waals surface area contributed by atoms with Crippen LogP contribution in [0.25, 0.3) is 0 Å². The first kappa shape index (κ1) is 21.5. The highest BCUT2D eigenvalue weighted by Gasteiger charge is 2.28. The van der Waals surface area contributed by atoms with Crippen LogP contribution in [-0.4, -0.2) is 24.0 Å². The standard InChI is InChI=1S/C17H18ClN3O2.2ClH/c1-11(12-8-19-9-12)17(22)21-14-4-7-16(20-10-14)23-15-5-2-13(18)3-6-15;;/h2-7,10-12,19H,8-9H2,1H3,(H,21,22);2*1H. The molecule has 5 nitrogen and oxygen atoms in total. The number of rotatable bonds is 5. The maximum atomic E-state index is 12.1. The van der Waals surface area contributed by atoms with Crippen molar-refractivity contribution in [3.63, 3.8) is 0 Å². The lowest BCUT2D eigenvalue weighted by Gasteiger charge is -2.31. The third kappa shape index (κ3) is 5.75. The minimum absolute atomic E-state index is 0. The molecule has 3 rings (SSSR count). The van der Waals surface area contributed by atoms with Gasteiger partial charge in [0.2, 0.25) is 11.8 Å². The summed E-state index contributed by atoms with van der Waals surface area (Å²) < 4.78 is 5.61. The molecule has 1 unspecified atom stereocenters. The number of nitrogens with one attached hydrogen (secondary N) is 2. The van der Waals surface area contributed by atoms with Crippen LogP contribution in [0.3, 0.4) is 0 Å². The van der Waals surface area contributed by atoms with Gasteiger partial charge in [-0.3, -0.25) is 4.79 Å². The van der Waals surface area contributed by atoms with Crippen molar-refractivity contribution >= 4 is 48.0 Å². The number of anilines is 1. The van der Waals surface area contributed by atoms with Gasteiger partial charge in [-0.15, -0.1) is 24.8 Å². The van der Waals surface area contributed by atoms with Crippen LogP contribution in [0.4, 0.5) is 5.69 Å². The molecule has 1 aromatic carbocycles. The van der Waals surface area contributed by atoms with Crippen molar-refractivity contribution in [2.45, 2.75) is 6.92 Å². The largest absolute Gasteiger partial charge is 0.439 e. The lowest BCUT2D eigenvalue weighted by molar-refractivity contribution is -0.121. The Morgan fingerprint density at radius 3 is 2.44 bits per heavy atom. The van der Waals surface area contributed by atoms with Gasteiger partial charge in [0.15, 0.2) is 0 Å². The number of halogens is 3. The fourth-order valence-electron chi connectivity index (χ4n) is 2.27. The normalized spacial score (nSPS) is 14.3. The molecule has 1 aliphatic heterocycles. The number of amides is 1. The maximum Gasteiger partial charge on any atom is 0.227 e. The van der Waals surface area contributed by atoms with E-state index in [1.807, 2.05) is 6.92 Å². The average molecular weight is 405 g/mol. The summed E-state index contributed by atoms with van der Waals surface area (Å²) in [6, 6.07) is 10.5. The van der Waals surface area contributed by atoms with E-state index in [0.717, 1.165) is 13.1 Å². The Hall–Kier alpha value is -1.53. The summed E-state index contributed by atoms with van der Waals surface area (Å²) in [6.07, 6.45) is 1.59. The minimum Gasteiger partial charge on any atom is -0.439 e. The zero-order valence-electron chi connectivity index (χ0n) is 13.6.